The molecule has 184 valence electrons. The molecule has 2 aromatic rings. The number of methoxy groups -OCH3 is 3. The minimum atomic E-state index is -1.24. The van der Waals surface area contributed by atoms with Crippen LogP contribution >= 0.6 is 11.6 Å². The topological polar surface area (TPSA) is 94.5 Å². The Morgan fingerprint density at radius 2 is 1.71 bits per heavy atom. The van der Waals surface area contributed by atoms with Gasteiger partial charge in [0.25, 0.3) is 5.91 Å². The van der Waals surface area contributed by atoms with Crippen molar-refractivity contribution in [2.75, 3.05) is 32.8 Å². The molecule has 1 amide bonds. The van der Waals surface area contributed by atoms with Crippen LogP contribution in [-0.4, -0.2) is 51.0 Å². The average Bonchev–Trinajstić information content (AvgIpc) is 2.87. The summed E-state index contributed by atoms with van der Waals surface area (Å²) in [6.45, 7) is 6.35. The van der Waals surface area contributed by atoms with Gasteiger partial charge in [0.15, 0.2) is 0 Å². The molecule has 0 saturated carbocycles. The number of ether oxygens (including phenoxy) is 4. The predicted molar refractivity (Wildman–Crippen MR) is 128 cm³/mol. The van der Waals surface area contributed by atoms with E-state index >= 15 is 0 Å². The standard InChI is InChI=1S/C25H30ClNO7/c1-25(2,3)13-27-17-8-7-14(26)9-16(17)23(34-20(24(27)30)12-21(28)29)22-18(32-5)10-15(31-4)11-19(22)33-6/h7-11,20,23H,12-13H2,1-6H3,(H,28,29). The maximum Gasteiger partial charge on any atom is 0.306 e. The highest BCUT2D eigenvalue weighted by molar-refractivity contribution is 6.30. The normalized spacial score (nSPS) is 18.2. The van der Waals surface area contributed by atoms with Gasteiger partial charge in [-0.05, 0) is 23.6 Å². The molecule has 9 heteroatoms. The molecule has 34 heavy (non-hydrogen) atoms. The zero-order valence-electron chi connectivity index (χ0n) is 20.2. The number of hydrogen-bond acceptors (Lipinski definition) is 6. The Hall–Kier alpha value is -2.97. The summed E-state index contributed by atoms with van der Waals surface area (Å²) in [6, 6.07) is 8.52. The SMILES string of the molecule is COc1cc(OC)c(C2OC(CC(=O)O)C(=O)N(CC(C)(C)C)c3ccc(Cl)cc32)c(OC)c1. The van der Waals surface area contributed by atoms with Gasteiger partial charge in [0.05, 0.1) is 33.3 Å². The molecule has 0 fully saturated rings. The molecule has 1 aliphatic rings. The maximum absolute atomic E-state index is 13.6. The maximum atomic E-state index is 13.6. The first kappa shape index (κ1) is 25.6. The predicted octanol–water partition coefficient (Wildman–Crippen LogP) is 4.71. The van der Waals surface area contributed by atoms with Crippen molar-refractivity contribution >= 4 is 29.2 Å². The number of halogens is 1. The molecule has 1 heterocycles. The summed E-state index contributed by atoms with van der Waals surface area (Å²) in [5.74, 6) is -0.277. The number of carboxylic acid groups (broad SMARTS) is 1. The van der Waals surface area contributed by atoms with Gasteiger partial charge < -0.3 is 29.0 Å². The average molecular weight is 492 g/mol. The van der Waals surface area contributed by atoms with Gasteiger partial charge in [-0.15, -0.1) is 0 Å². The van der Waals surface area contributed by atoms with Crippen LogP contribution in [0.5, 0.6) is 17.2 Å². The lowest BCUT2D eigenvalue weighted by molar-refractivity contribution is -0.147. The number of carboxylic acids is 1. The van der Waals surface area contributed by atoms with Crippen LogP contribution in [-0.2, 0) is 14.3 Å². The number of amides is 1. The van der Waals surface area contributed by atoms with Crippen molar-refractivity contribution < 1.29 is 33.6 Å². The first-order valence-electron chi connectivity index (χ1n) is 10.8. The second-order valence-electron chi connectivity index (χ2n) is 9.24. The Morgan fingerprint density at radius 3 is 2.21 bits per heavy atom. The largest absolute Gasteiger partial charge is 0.496 e. The second-order valence-corrected chi connectivity index (χ2v) is 9.67. The van der Waals surface area contributed by atoms with E-state index in [4.69, 9.17) is 30.5 Å². The second kappa shape index (κ2) is 10.1. The van der Waals surface area contributed by atoms with Crippen molar-refractivity contribution in [3.63, 3.8) is 0 Å². The summed E-state index contributed by atoms with van der Waals surface area (Å²) in [5.41, 5.74) is 1.41. The highest BCUT2D eigenvalue weighted by atomic mass is 35.5. The number of rotatable bonds is 7. The van der Waals surface area contributed by atoms with Gasteiger partial charge in [0.2, 0.25) is 0 Å². The van der Waals surface area contributed by atoms with Gasteiger partial charge in [-0.2, -0.15) is 0 Å². The van der Waals surface area contributed by atoms with Crippen molar-refractivity contribution in [2.24, 2.45) is 5.41 Å². The first-order chi connectivity index (χ1) is 16.0. The van der Waals surface area contributed by atoms with E-state index in [0.717, 1.165) is 0 Å². The van der Waals surface area contributed by atoms with Gasteiger partial charge in [-0.25, -0.2) is 0 Å². The molecule has 3 rings (SSSR count). The van der Waals surface area contributed by atoms with Crippen molar-refractivity contribution in [3.8, 4) is 17.2 Å². The molecule has 1 N–H and O–H groups in total. The highest BCUT2D eigenvalue weighted by Crippen LogP contribution is 2.47. The summed E-state index contributed by atoms with van der Waals surface area (Å²) in [5, 5.41) is 9.99. The summed E-state index contributed by atoms with van der Waals surface area (Å²) in [4.78, 5) is 26.9. The molecular formula is C25H30ClNO7. The smallest absolute Gasteiger partial charge is 0.306 e. The Morgan fingerprint density at radius 1 is 1.09 bits per heavy atom. The third kappa shape index (κ3) is 5.39. The number of carbonyl (C=O) groups is 2. The fraction of sp³-hybridized carbons (Fsp3) is 0.440. The molecule has 1 aliphatic heterocycles. The lowest BCUT2D eigenvalue weighted by atomic mass is 9.93. The van der Waals surface area contributed by atoms with E-state index in [1.54, 1.807) is 35.2 Å². The fourth-order valence-electron chi connectivity index (χ4n) is 4.02. The third-order valence-corrected chi connectivity index (χ3v) is 5.65. The lowest BCUT2D eigenvalue weighted by Crippen LogP contribution is -2.44. The zero-order valence-corrected chi connectivity index (χ0v) is 20.9. The minimum Gasteiger partial charge on any atom is -0.496 e. The van der Waals surface area contributed by atoms with Gasteiger partial charge in [0.1, 0.15) is 29.5 Å². The van der Waals surface area contributed by atoms with Crippen molar-refractivity contribution in [1.82, 2.24) is 0 Å². The molecule has 0 spiro atoms. The van der Waals surface area contributed by atoms with Crippen LogP contribution in [0.3, 0.4) is 0 Å². The Labute approximate surface area is 204 Å². The Bertz CT molecular complexity index is 1050. The number of benzene rings is 2. The van der Waals surface area contributed by atoms with Crippen LogP contribution in [0.1, 0.15) is 44.4 Å². The molecule has 2 aromatic carbocycles. The van der Waals surface area contributed by atoms with Crippen LogP contribution in [0.2, 0.25) is 5.02 Å². The summed E-state index contributed by atoms with van der Waals surface area (Å²) < 4.78 is 22.9. The van der Waals surface area contributed by atoms with Gasteiger partial charge in [-0.3, -0.25) is 9.59 Å². The van der Waals surface area contributed by atoms with Crippen LogP contribution < -0.4 is 19.1 Å². The molecule has 0 radical (unpaired) electrons. The number of anilines is 1. The van der Waals surface area contributed by atoms with Crippen molar-refractivity contribution in [2.45, 2.75) is 39.4 Å². The molecule has 2 atom stereocenters. The Balaban J connectivity index is 2.32. The van der Waals surface area contributed by atoms with E-state index in [9.17, 15) is 14.7 Å². The molecule has 0 saturated heterocycles. The van der Waals surface area contributed by atoms with E-state index < -0.39 is 30.5 Å². The number of aliphatic carboxylic acids is 1. The number of hydrogen-bond donors (Lipinski definition) is 1. The number of fused-ring (bicyclic) bond motifs is 1. The van der Waals surface area contributed by atoms with Crippen LogP contribution in [0.25, 0.3) is 0 Å². The van der Waals surface area contributed by atoms with Gasteiger partial charge in [0, 0.05) is 35.0 Å². The van der Waals surface area contributed by atoms with E-state index in [2.05, 4.69) is 0 Å². The lowest BCUT2D eigenvalue weighted by Gasteiger charge is -2.31. The first-order valence-corrected chi connectivity index (χ1v) is 11.1. The van der Waals surface area contributed by atoms with Crippen LogP contribution in [0.15, 0.2) is 30.3 Å². The summed E-state index contributed by atoms with van der Waals surface area (Å²) in [7, 11) is 4.52. The summed E-state index contributed by atoms with van der Waals surface area (Å²) in [6.07, 6.45) is -2.64. The van der Waals surface area contributed by atoms with Gasteiger partial charge >= 0.3 is 5.97 Å². The number of carbonyl (C=O) groups excluding carboxylic acids is 1. The third-order valence-electron chi connectivity index (χ3n) is 5.41. The zero-order chi connectivity index (χ0) is 25.2. The van der Waals surface area contributed by atoms with E-state index in [0.29, 0.717) is 45.6 Å². The molecule has 8 nitrogen and oxygen atoms in total. The number of nitrogens with zero attached hydrogens (tertiary/aromatic N) is 1. The molecule has 0 bridgehead atoms. The van der Waals surface area contributed by atoms with E-state index in [-0.39, 0.29) is 5.41 Å². The highest BCUT2D eigenvalue weighted by Gasteiger charge is 2.41. The van der Waals surface area contributed by atoms with Crippen molar-refractivity contribution in [3.05, 3.63) is 46.5 Å². The van der Waals surface area contributed by atoms with Crippen molar-refractivity contribution in [1.29, 1.82) is 0 Å². The van der Waals surface area contributed by atoms with Crippen LogP contribution in [0.4, 0.5) is 5.69 Å². The van der Waals surface area contributed by atoms with Crippen LogP contribution in [0, 0.1) is 5.41 Å². The quantitative estimate of drug-likeness (QED) is 0.599. The molecular weight excluding hydrogens is 462 g/mol. The van der Waals surface area contributed by atoms with E-state index in [1.807, 2.05) is 20.8 Å². The molecule has 0 aromatic heterocycles. The molecule has 0 aliphatic carbocycles. The monoisotopic (exact) mass is 491 g/mol. The Kier molecular flexibility index (Phi) is 7.63. The molecule has 2 unspecified atom stereocenters. The van der Waals surface area contributed by atoms with E-state index in [1.165, 1.54) is 21.3 Å². The summed E-state index contributed by atoms with van der Waals surface area (Å²) >= 11 is 6.38. The van der Waals surface area contributed by atoms with Gasteiger partial charge in [-0.1, -0.05) is 32.4 Å². The fourth-order valence-corrected chi connectivity index (χ4v) is 4.20. The minimum absolute atomic E-state index is 0.268.